The number of nitrogens with two attached hydrogens (primary N) is 1. The van der Waals surface area contributed by atoms with Crippen LogP contribution in [0.2, 0.25) is 0 Å². The topological polar surface area (TPSA) is 162 Å². The van der Waals surface area contributed by atoms with Crippen molar-refractivity contribution in [2.75, 3.05) is 6.54 Å². The first-order valence-corrected chi connectivity index (χ1v) is 7.22. The molecular weight excluding hydrogens is 318 g/mol. The highest BCUT2D eigenvalue weighted by atomic mass is 16.4. The number of aliphatic carboxylic acids is 1. The highest BCUT2D eigenvalue weighted by molar-refractivity contribution is 5.89. The highest BCUT2D eigenvalue weighted by Gasteiger charge is 2.25. The molecule has 0 fully saturated rings. The van der Waals surface area contributed by atoms with Crippen molar-refractivity contribution < 1.29 is 29.7 Å². The van der Waals surface area contributed by atoms with Gasteiger partial charge < -0.3 is 31.7 Å². The molecular formula is C15H21N3O6. The van der Waals surface area contributed by atoms with Gasteiger partial charge in [0.25, 0.3) is 0 Å². The number of carbonyl (C=O) groups is 3. The summed E-state index contributed by atoms with van der Waals surface area (Å²) in [5, 5.41) is 31.7. The lowest BCUT2D eigenvalue weighted by Crippen LogP contribution is -2.52. The van der Waals surface area contributed by atoms with Gasteiger partial charge in [0.2, 0.25) is 11.8 Å². The summed E-state index contributed by atoms with van der Waals surface area (Å²) in [7, 11) is 0. The highest BCUT2D eigenvalue weighted by Crippen LogP contribution is 2.10. The smallest absolute Gasteiger partial charge is 0.328 e. The van der Waals surface area contributed by atoms with Crippen LogP contribution in [0.5, 0.6) is 5.75 Å². The third-order valence-corrected chi connectivity index (χ3v) is 3.22. The molecule has 0 unspecified atom stereocenters. The van der Waals surface area contributed by atoms with E-state index in [9.17, 15) is 24.6 Å². The third kappa shape index (κ3) is 6.23. The Morgan fingerprint density at radius 2 is 1.79 bits per heavy atom. The minimum absolute atomic E-state index is 0.0968. The SMILES string of the molecule is C[C@@H](O)[C@H](NC(=O)CNC(=O)[C@@H](N)Cc1ccc(O)cc1)C(=O)O. The van der Waals surface area contributed by atoms with Crippen LogP contribution in [-0.4, -0.2) is 57.8 Å². The van der Waals surface area contributed by atoms with Gasteiger partial charge in [-0.05, 0) is 31.0 Å². The van der Waals surface area contributed by atoms with Crippen LogP contribution in [0.4, 0.5) is 0 Å². The number of benzene rings is 1. The van der Waals surface area contributed by atoms with Gasteiger partial charge in [-0.1, -0.05) is 12.1 Å². The molecule has 0 saturated heterocycles. The van der Waals surface area contributed by atoms with Gasteiger partial charge in [0.15, 0.2) is 6.04 Å². The lowest BCUT2D eigenvalue weighted by atomic mass is 10.1. The van der Waals surface area contributed by atoms with Crippen molar-refractivity contribution in [3.8, 4) is 5.75 Å². The first-order chi connectivity index (χ1) is 11.2. The Bertz CT molecular complexity index is 587. The van der Waals surface area contributed by atoms with Crippen molar-refractivity contribution in [3.63, 3.8) is 0 Å². The number of amides is 2. The molecule has 0 aliphatic carbocycles. The molecule has 0 saturated carbocycles. The Morgan fingerprint density at radius 3 is 2.29 bits per heavy atom. The van der Waals surface area contributed by atoms with Crippen molar-refractivity contribution in [3.05, 3.63) is 29.8 Å². The van der Waals surface area contributed by atoms with Crippen molar-refractivity contribution in [2.45, 2.75) is 31.5 Å². The monoisotopic (exact) mass is 339 g/mol. The number of phenolic OH excluding ortho intramolecular Hbond substituents is 1. The van der Waals surface area contributed by atoms with E-state index in [2.05, 4.69) is 10.6 Å². The second-order valence-electron chi connectivity index (χ2n) is 5.32. The maximum absolute atomic E-state index is 11.8. The summed E-state index contributed by atoms with van der Waals surface area (Å²) in [6.07, 6.45) is -1.07. The second-order valence-corrected chi connectivity index (χ2v) is 5.32. The average molecular weight is 339 g/mol. The molecule has 0 aliphatic rings. The van der Waals surface area contributed by atoms with E-state index in [1.54, 1.807) is 12.1 Å². The lowest BCUT2D eigenvalue weighted by Gasteiger charge is -2.17. The van der Waals surface area contributed by atoms with Crippen LogP contribution in [0.1, 0.15) is 12.5 Å². The maximum atomic E-state index is 11.8. The van der Waals surface area contributed by atoms with E-state index in [1.165, 1.54) is 19.1 Å². The number of carbonyl (C=O) groups excluding carboxylic acids is 2. The zero-order valence-corrected chi connectivity index (χ0v) is 13.1. The van der Waals surface area contributed by atoms with Gasteiger partial charge in [-0.3, -0.25) is 9.59 Å². The van der Waals surface area contributed by atoms with Gasteiger partial charge in [-0.25, -0.2) is 4.79 Å². The molecule has 1 aromatic carbocycles. The Kier molecular flexibility index (Phi) is 7.15. The Labute approximate surface area is 138 Å². The molecule has 0 bridgehead atoms. The summed E-state index contributed by atoms with van der Waals surface area (Å²) in [6, 6.07) is 3.81. The third-order valence-electron chi connectivity index (χ3n) is 3.22. The summed E-state index contributed by atoms with van der Waals surface area (Å²) < 4.78 is 0. The van der Waals surface area contributed by atoms with Crippen LogP contribution in [-0.2, 0) is 20.8 Å². The number of hydrogen-bond acceptors (Lipinski definition) is 6. The quantitative estimate of drug-likeness (QED) is 0.330. The van der Waals surface area contributed by atoms with Gasteiger partial charge in [0, 0.05) is 0 Å². The van der Waals surface area contributed by atoms with E-state index >= 15 is 0 Å². The molecule has 2 amide bonds. The van der Waals surface area contributed by atoms with Crippen LogP contribution in [0, 0.1) is 0 Å². The zero-order valence-electron chi connectivity index (χ0n) is 13.1. The van der Waals surface area contributed by atoms with Gasteiger partial charge >= 0.3 is 5.97 Å². The average Bonchev–Trinajstić information content (AvgIpc) is 2.51. The van der Waals surface area contributed by atoms with Crippen molar-refractivity contribution in [2.24, 2.45) is 5.73 Å². The van der Waals surface area contributed by atoms with Gasteiger partial charge in [0.05, 0.1) is 18.7 Å². The fourth-order valence-corrected chi connectivity index (χ4v) is 1.89. The number of aliphatic hydroxyl groups excluding tert-OH is 1. The van der Waals surface area contributed by atoms with Crippen LogP contribution in [0.3, 0.4) is 0 Å². The van der Waals surface area contributed by atoms with E-state index in [4.69, 9.17) is 10.8 Å². The van der Waals surface area contributed by atoms with Crippen molar-refractivity contribution >= 4 is 17.8 Å². The molecule has 24 heavy (non-hydrogen) atoms. The molecule has 0 radical (unpaired) electrons. The molecule has 1 rings (SSSR count). The number of phenols is 1. The van der Waals surface area contributed by atoms with E-state index in [0.717, 1.165) is 5.56 Å². The summed E-state index contributed by atoms with van der Waals surface area (Å²) in [6.45, 7) is 0.768. The van der Waals surface area contributed by atoms with Crippen LogP contribution in [0.15, 0.2) is 24.3 Å². The first kappa shape index (κ1) is 19.4. The molecule has 7 N–H and O–H groups in total. The summed E-state index contributed by atoms with van der Waals surface area (Å²) in [4.78, 5) is 34.3. The molecule has 0 spiro atoms. The molecule has 132 valence electrons. The zero-order chi connectivity index (χ0) is 18.3. The number of rotatable bonds is 8. The van der Waals surface area contributed by atoms with Crippen LogP contribution in [0.25, 0.3) is 0 Å². The van der Waals surface area contributed by atoms with Crippen LogP contribution < -0.4 is 16.4 Å². The number of aliphatic hydroxyl groups is 1. The second kappa shape index (κ2) is 8.85. The van der Waals surface area contributed by atoms with E-state index in [-0.39, 0.29) is 12.2 Å². The summed E-state index contributed by atoms with van der Waals surface area (Å²) >= 11 is 0. The van der Waals surface area contributed by atoms with E-state index in [1.807, 2.05) is 0 Å². The van der Waals surface area contributed by atoms with E-state index < -0.39 is 42.5 Å². The maximum Gasteiger partial charge on any atom is 0.328 e. The van der Waals surface area contributed by atoms with Crippen molar-refractivity contribution in [1.29, 1.82) is 0 Å². The molecule has 9 nitrogen and oxygen atoms in total. The number of carboxylic acids is 1. The normalized spacial score (nSPS) is 14.3. The fraction of sp³-hybridized carbons (Fsp3) is 0.400. The number of nitrogens with one attached hydrogen (secondary N) is 2. The molecule has 0 heterocycles. The Hall–Kier alpha value is -2.65. The minimum atomic E-state index is -1.46. The molecule has 1 aromatic rings. The van der Waals surface area contributed by atoms with Gasteiger partial charge in [-0.2, -0.15) is 0 Å². The molecule has 0 aliphatic heterocycles. The lowest BCUT2D eigenvalue weighted by molar-refractivity contribution is -0.144. The number of hydrogen-bond donors (Lipinski definition) is 6. The standard InChI is InChI=1S/C15H21N3O6/c1-8(19)13(15(23)24)18-12(21)7-17-14(22)11(16)6-9-2-4-10(20)5-3-9/h2-5,8,11,13,19-20H,6-7,16H2,1H3,(H,17,22)(H,18,21)(H,23,24)/t8-,11+,13+/m1/s1. The number of carboxylic acid groups (broad SMARTS) is 1. The van der Waals surface area contributed by atoms with Gasteiger partial charge in [-0.15, -0.1) is 0 Å². The molecule has 9 heteroatoms. The van der Waals surface area contributed by atoms with Crippen LogP contribution >= 0.6 is 0 Å². The predicted octanol–water partition coefficient (Wildman–Crippen LogP) is -1.67. The Morgan fingerprint density at radius 1 is 1.21 bits per heavy atom. The summed E-state index contributed by atoms with van der Waals surface area (Å²) in [5.74, 6) is -2.62. The largest absolute Gasteiger partial charge is 0.508 e. The Balaban J connectivity index is 2.45. The van der Waals surface area contributed by atoms with E-state index in [0.29, 0.717) is 0 Å². The predicted molar refractivity (Wildman–Crippen MR) is 84.0 cm³/mol. The summed E-state index contributed by atoms with van der Waals surface area (Å²) in [5.41, 5.74) is 6.47. The number of aromatic hydroxyl groups is 1. The first-order valence-electron chi connectivity index (χ1n) is 7.22. The molecule has 3 atom stereocenters. The fourth-order valence-electron chi connectivity index (χ4n) is 1.89. The molecule has 0 aromatic heterocycles. The minimum Gasteiger partial charge on any atom is -0.508 e. The van der Waals surface area contributed by atoms with Gasteiger partial charge in [0.1, 0.15) is 5.75 Å². The van der Waals surface area contributed by atoms with Crippen molar-refractivity contribution in [1.82, 2.24) is 10.6 Å².